The molecule has 0 bridgehead atoms. The molecule has 3 aromatic rings. The SMILES string of the molecule is COc1ccc(Cl)cc1C(=O)N/N=C(/C)c1cccc(NC(=O)c2ccccc2C)c1. The van der Waals surface area contributed by atoms with Gasteiger partial charge in [-0.2, -0.15) is 5.10 Å². The second-order valence-corrected chi connectivity index (χ2v) is 7.27. The van der Waals surface area contributed by atoms with Gasteiger partial charge in [0.2, 0.25) is 0 Å². The molecule has 0 aromatic heterocycles. The van der Waals surface area contributed by atoms with Gasteiger partial charge in [0.15, 0.2) is 0 Å². The number of rotatable bonds is 6. The minimum absolute atomic E-state index is 0.189. The molecule has 0 atom stereocenters. The van der Waals surface area contributed by atoms with Crippen LogP contribution in [0.15, 0.2) is 71.8 Å². The van der Waals surface area contributed by atoms with Gasteiger partial charge in [-0.3, -0.25) is 9.59 Å². The van der Waals surface area contributed by atoms with E-state index >= 15 is 0 Å². The number of hydrazone groups is 1. The molecule has 0 fully saturated rings. The van der Waals surface area contributed by atoms with Crippen LogP contribution < -0.4 is 15.5 Å². The zero-order chi connectivity index (χ0) is 22.4. The van der Waals surface area contributed by atoms with Crippen LogP contribution in [-0.2, 0) is 0 Å². The van der Waals surface area contributed by atoms with Crippen LogP contribution in [0.5, 0.6) is 5.75 Å². The maximum absolute atomic E-state index is 12.6. The lowest BCUT2D eigenvalue weighted by Crippen LogP contribution is -2.20. The number of hydrogen-bond donors (Lipinski definition) is 2. The summed E-state index contributed by atoms with van der Waals surface area (Å²) in [4.78, 5) is 25.1. The van der Waals surface area contributed by atoms with E-state index < -0.39 is 5.91 Å². The standard InChI is InChI=1S/C24H22ClN3O3/c1-15-7-4-5-10-20(15)23(29)26-19-9-6-8-17(13-19)16(2)27-28-24(30)21-14-18(25)11-12-22(21)31-3/h4-14H,1-3H3,(H,26,29)(H,28,30)/b27-16-. The number of halogens is 1. The van der Waals surface area contributed by atoms with Crippen molar-refractivity contribution < 1.29 is 14.3 Å². The Hall–Kier alpha value is -3.64. The van der Waals surface area contributed by atoms with Crippen LogP contribution in [0.25, 0.3) is 0 Å². The molecule has 0 heterocycles. The van der Waals surface area contributed by atoms with Crippen LogP contribution in [0.1, 0.15) is 38.8 Å². The highest BCUT2D eigenvalue weighted by Gasteiger charge is 2.13. The Morgan fingerprint density at radius 3 is 2.45 bits per heavy atom. The van der Waals surface area contributed by atoms with Gasteiger partial charge in [0, 0.05) is 16.3 Å². The molecule has 2 N–H and O–H groups in total. The van der Waals surface area contributed by atoms with Gasteiger partial charge >= 0.3 is 0 Å². The van der Waals surface area contributed by atoms with E-state index in [4.69, 9.17) is 16.3 Å². The number of benzene rings is 3. The minimum atomic E-state index is -0.442. The van der Waals surface area contributed by atoms with Gasteiger partial charge in [-0.15, -0.1) is 0 Å². The van der Waals surface area contributed by atoms with Crippen molar-refractivity contribution >= 4 is 34.8 Å². The fourth-order valence-corrected chi connectivity index (χ4v) is 3.14. The average Bonchev–Trinajstić information content (AvgIpc) is 2.77. The van der Waals surface area contributed by atoms with Crippen molar-refractivity contribution in [2.24, 2.45) is 5.10 Å². The third-order valence-electron chi connectivity index (χ3n) is 4.66. The highest BCUT2D eigenvalue weighted by atomic mass is 35.5. The van der Waals surface area contributed by atoms with Crippen LogP contribution in [-0.4, -0.2) is 24.6 Å². The molecule has 7 heteroatoms. The average molecular weight is 436 g/mol. The van der Waals surface area contributed by atoms with Crippen LogP contribution in [0.3, 0.4) is 0 Å². The molecule has 0 aliphatic rings. The molecule has 158 valence electrons. The van der Waals surface area contributed by atoms with E-state index in [0.29, 0.717) is 27.7 Å². The lowest BCUT2D eigenvalue weighted by Gasteiger charge is -2.10. The first-order valence-electron chi connectivity index (χ1n) is 9.54. The lowest BCUT2D eigenvalue weighted by molar-refractivity contribution is 0.0951. The van der Waals surface area contributed by atoms with Crippen molar-refractivity contribution in [3.8, 4) is 5.75 Å². The maximum Gasteiger partial charge on any atom is 0.275 e. The summed E-state index contributed by atoms with van der Waals surface area (Å²) in [6.45, 7) is 3.65. The fourth-order valence-electron chi connectivity index (χ4n) is 2.97. The summed E-state index contributed by atoms with van der Waals surface area (Å²) in [5, 5.41) is 7.49. The topological polar surface area (TPSA) is 79.8 Å². The van der Waals surface area contributed by atoms with Crippen LogP contribution in [0.2, 0.25) is 5.02 Å². The predicted molar refractivity (Wildman–Crippen MR) is 123 cm³/mol. The number of aryl methyl sites for hydroxylation is 1. The van der Waals surface area contributed by atoms with Gasteiger partial charge in [-0.25, -0.2) is 5.43 Å². The number of carbonyl (C=O) groups is 2. The number of ether oxygens (including phenoxy) is 1. The summed E-state index contributed by atoms with van der Waals surface area (Å²) >= 11 is 5.98. The zero-order valence-corrected chi connectivity index (χ0v) is 18.2. The summed E-state index contributed by atoms with van der Waals surface area (Å²) in [5.74, 6) is -0.232. The van der Waals surface area contributed by atoms with E-state index in [1.54, 1.807) is 37.3 Å². The zero-order valence-electron chi connectivity index (χ0n) is 17.4. The Balaban J connectivity index is 1.74. The molecule has 6 nitrogen and oxygen atoms in total. The first-order valence-corrected chi connectivity index (χ1v) is 9.92. The first kappa shape index (κ1) is 22.1. The van der Waals surface area contributed by atoms with E-state index in [1.807, 2.05) is 37.3 Å². The summed E-state index contributed by atoms with van der Waals surface area (Å²) < 4.78 is 5.20. The fraction of sp³-hybridized carbons (Fsp3) is 0.125. The number of amides is 2. The van der Waals surface area contributed by atoms with Gasteiger partial charge in [-0.05, 0) is 61.4 Å². The van der Waals surface area contributed by atoms with Gasteiger partial charge in [0.1, 0.15) is 5.75 Å². The van der Waals surface area contributed by atoms with Crippen molar-refractivity contribution in [3.05, 3.63) is 94.0 Å². The number of carbonyl (C=O) groups excluding carboxylic acids is 2. The lowest BCUT2D eigenvalue weighted by atomic mass is 10.1. The number of nitrogens with zero attached hydrogens (tertiary/aromatic N) is 1. The molecular formula is C24H22ClN3O3. The third kappa shape index (κ3) is 5.49. The van der Waals surface area contributed by atoms with E-state index in [2.05, 4.69) is 15.8 Å². The summed E-state index contributed by atoms with van der Waals surface area (Å²) in [5.41, 5.74) is 6.26. The number of hydrogen-bond acceptors (Lipinski definition) is 4. The molecule has 0 aliphatic carbocycles. The van der Waals surface area contributed by atoms with Crippen LogP contribution >= 0.6 is 11.6 Å². The molecule has 3 rings (SSSR count). The molecule has 2 amide bonds. The predicted octanol–water partition coefficient (Wildman–Crippen LogP) is 5.06. The van der Waals surface area contributed by atoms with Gasteiger partial charge in [-0.1, -0.05) is 41.9 Å². The smallest absolute Gasteiger partial charge is 0.275 e. The highest BCUT2D eigenvalue weighted by molar-refractivity contribution is 6.31. The van der Waals surface area contributed by atoms with Gasteiger partial charge in [0.05, 0.1) is 18.4 Å². The van der Waals surface area contributed by atoms with Gasteiger partial charge in [0.25, 0.3) is 11.8 Å². The van der Waals surface area contributed by atoms with Crippen LogP contribution in [0, 0.1) is 6.92 Å². The van der Waals surface area contributed by atoms with E-state index in [-0.39, 0.29) is 11.5 Å². The summed E-state index contributed by atoms with van der Waals surface area (Å²) in [6.07, 6.45) is 0. The largest absolute Gasteiger partial charge is 0.496 e. The Kier molecular flexibility index (Phi) is 7.05. The van der Waals surface area contributed by atoms with Crippen LogP contribution in [0.4, 0.5) is 5.69 Å². The van der Waals surface area contributed by atoms with E-state index in [1.165, 1.54) is 13.2 Å². The van der Waals surface area contributed by atoms with E-state index in [9.17, 15) is 9.59 Å². The molecule has 0 saturated heterocycles. The van der Waals surface area contributed by atoms with Crippen molar-refractivity contribution in [3.63, 3.8) is 0 Å². The molecule has 31 heavy (non-hydrogen) atoms. The Morgan fingerprint density at radius 1 is 0.935 bits per heavy atom. The van der Waals surface area contributed by atoms with Crippen molar-refractivity contribution in [1.29, 1.82) is 0 Å². The summed E-state index contributed by atoms with van der Waals surface area (Å²) in [7, 11) is 1.48. The quantitative estimate of drug-likeness (QED) is 0.419. The second-order valence-electron chi connectivity index (χ2n) is 6.83. The summed E-state index contributed by atoms with van der Waals surface area (Å²) in [6, 6.07) is 19.4. The molecule has 3 aromatic carbocycles. The highest BCUT2D eigenvalue weighted by Crippen LogP contribution is 2.22. The van der Waals surface area contributed by atoms with Crippen molar-refractivity contribution in [1.82, 2.24) is 5.43 Å². The molecule has 0 spiro atoms. The monoisotopic (exact) mass is 435 g/mol. The molecule has 0 saturated carbocycles. The molecule has 0 unspecified atom stereocenters. The Bertz CT molecular complexity index is 1160. The van der Waals surface area contributed by atoms with Crippen molar-refractivity contribution in [2.45, 2.75) is 13.8 Å². The molecular weight excluding hydrogens is 414 g/mol. The Morgan fingerprint density at radius 2 is 1.71 bits per heavy atom. The number of methoxy groups -OCH3 is 1. The third-order valence-corrected chi connectivity index (χ3v) is 4.89. The number of anilines is 1. The van der Waals surface area contributed by atoms with E-state index in [0.717, 1.165) is 11.1 Å². The first-order chi connectivity index (χ1) is 14.9. The van der Waals surface area contributed by atoms with Crippen molar-refractivity contribution in [2.75, 3.05) is 12.4 Å². The normalized spacial score (nSPS) is 11.0. The second kappa shape index (κ2) is 9.91. The molecule has 0 aliphatic heterocycles. The Labute approximate surface area is 185 Å². The minimum Gasteiger partial charge on any atom is -0.496 e. The van der Waals surface area contributed by atoms with Gasteiger partial charge < -0.3 is 10.1 Å². The number of nitrogens with one attached hydrogen (secondary N) is 2. The molecule has 0 radical (unpaired) electrons. The maximum atomic E-state index is 12.6.